The molecule has 4 rings (SSSR count). The van der Waals surface area contributed by atoms with Gasteiger partial charge in [0, 0.05) is 19.3 Å². The van der Waals surface area contributed by atoms with Gasteiger partial charge in [0.15, 0.2) is 0 Å². The number of hydrogen-bond acceptors (Lipinski definition) is 2. The highest BCUT2D eigenvalue weighted by molar-refractivity contribution is 5.94. The molecule has 4 aromatic rings. The minimum absolute atomic E-state index is 0.0446. The van der Waals surface area contributed by atoms with E-state index in [0.29, 0.717) is 5.69 Å². The fraction of sp³-hybridized carbons (Fsp3) is 0.259. The second-order valence-electron chi connectivity index (χ2n) is 8.52. The second kappa shape index (κ2) is 9.27. The Labute approximate surface area is 189 Å². The van der Waals surface area contributed by atoms with Crippen LogP contribution in [0.15, 0.2) is 72.9 Å². The minimum atomic E-state index is -0.112. The number of carbonyl (C=O) groups excluding carboxylic acids is 1. The largest absolute Gasteiger partial charge is 0.349 e. The Bertz CT molecular complexity index is 1220. The number of nitrogens with zero attached hydrogens (tertiary/aromatic N) is 3. The molecule has 2 aromatic heterocycles. The van der Waals surface area contributed by atoms with Crippen LogP contribution in [0, 0.1) is 13.8 Å². The fourth-order valence-corrected chi connectivity index (χ4v) is 3.92. The van der Waals surface area contributed by atoms with Crippen molar-refractivity contribution >= 4 is 5.91 Å². The first kappa shape index (κ1) is 21.6. The van der Waals surface area contributed by atoms with Crippen molar-refractivity contribution in [3.8, 4) is 17.1 Å². The molecule has 0 radical (unpaired) electrons. The standard InChI is InChI=1S/C27H30N4O/c1-19-12-13-20(2)25(17-19)31-26(18-23(29-31)24-11-8-16-30(24)4)27(32)28-21(3)14-15-22-9-6-5-7-10-22/h5-13,16-18,21H,14-15H2,1-4H3,(H,28,32)/t21-/m1/s1. The van der Waals surface area contributed by atoms with E-state index in [9.17, 15) is 4.79 Å². The van der Waals surface area contributed by atoms with Crippen LogP contribution in [-0.2, 0) is 13.5 Å². The predicted octanol–water partition coefficient (Wildman–Crippen LogP) is 5.25. The Morgan fingerprint density at radius 2 is 1.81 bits per heavy atom. The molecule has 1 N–H and O–H groups in total. The molecule has 0 aliphatic heterocycles. The number of aryl methyl sites for hydroxylation is 4. The van der Waals surface area contributed by atoms with Crippen LogP contribution in [0.1, 0.15) is 40.5 Å². The van der Waals surface area contributed by atoms with E-state index in [1.807, 2.05) is 61.1 Å². The molecular formula is C27H30N4O. The lowest BCUT2D eigenvalue weighted by molar-refractivity contribution is 0.0930. The van der Waals surface area contributed by atoms with Crippen LogP contribution in [0.3, 0.4) is 0 Å². The van der Waals surface area contributed by atoms with Crippen molar-refractivity contribution in [3.05, 3.63) is 95.3 Å². The summed E-state index contributed by atoms with van der Waals surface area (Å²) in [6.45, 7) is 6.15. The first-order chi connectivity index (χ1) is 15.4. The number of carbonyl (C=O) groups is 1. The molecule has 2 heterocycles. The summed E-state index contributed by atoms with van der Waals surface area (Å²) in [6.07, 6.45) is 3.78. The van der Waals surface area contributed by atoms with Crippen LogP contribution in [0.4, 0.5) is 0 Å². The van der Waals surface area contributed by atoms with Crippen molar-refractivity contribution in [1.29, 1.82) is 0 Å². The predicted molar refractivity (Wildman–Crippen MR) is 129 cm³/mol. The first-order valence-corrected chi connectivity index (χ1v) is 11.1. The summed E-state index contributed by atoms with van der Waals surface area (Å²) in [5.74, 6) is -0.112. The van der Waals surface area contributed by atoms with Crippen molar-refractivity contribution < 1.29 is 4.79 Å². The Balaban J connectivity index is 1.62. The second-order valence-corrected chi connectivity index (χ2v) is 8.52. The Kier molecular flexibility index (Phi) is 6.26. The van der Waals surface area contributed by atoms with Gasteiger partial charge in [-0.3, -0.25) is 4.79 Å². The Hall–Kier alpha value is -3.60. The summed E-state index contributed by atoms with van der Waals surface area (Å²) in [7, 11) is 1.98. The third-order valence-electron chi connectivity index (χ3n) is 5.83. The van der Waals surface area contributed by atoms with Gasteiger partial charge in [-0.2, -0.15) is 5.10 Å². The SMILES string of the molecule is Cc1ccc(C)c(-n2nc(-c3cccn3C)cc2C(=O)N[C@H](C)CCc2ccccc2)c1. The smallest absolute Gasteiger partial charge is 0.270 e. The van der Waals surface area contributed by atoms with Crippen LogP contribution in [0.5, 0.6) is 0 Å². The van der Waals surface area contributed by atoms with Crippen LogP contribution in [-0.4, -0.2) is 26.3 Å². The number of rotatable bonds is 7. The molecule has 0 aliphatic carbocycles. The topological polar surface area (TPSA) is 51.9 Å². The zero-order chi connectivity index (χ0) is 22.7. The first-order valence-electron chi connectivity index (χ1n) is 11.1. The van der Waals surface area contributed by atoms with E-state index in [0.717, 1.165) is 41.0 Å². The molecule has 1 amide bonds. The lowest BCUT2D eigenvalue weighted by Crippen LogP contribution is -2.34. The zero-order valence-electron chi connectivity index (χ0n) is 19.2. The van der Waals surface area contributed by atoms with Crippen LogP contribution in [0.2, 0.25) is 0 Å². The van der Waals surface area contributed by atoms with E-state index in [2.05, 4.69) is 49.5 Å². The molecule has 5 nitrogen and oxygen atoms in total. The van der Waals surface area contributed by atoms with Gasteiger partial charge in [-0.25, -0.2) is 4.68 Å². The molecule has 1 atom stereocenters. The molecule has 0 bridgehead atoms. The van der Waals surface area contributed by atoms with Gasteiger partial charge in [0.2, 0.25) is 0 Å². The maximum Gasteiger partial charge on any atom is 0.270 e. The Morgan fingerprint density at radius 3 is 2.53 bits per heavy atom. The van der Waals surface area contributed by atoms with E-state index in [1.165, 1.54) is 5.56 Å². The zero-order valence-corrected chi connectivity index (χ0v) is 19.2. The monoisotopic (exact) mass is 426 g/mol. The van der Waals surface area contributed by atoms with Gasteiger partial charge in [0.1, 0.15) is 11.4 Å². The highest BCUT2D eigenvalue weighted by Crippen LogP contribution is 2.24. The lowest BCUT2D eigenvalue weighted by Gasteiger charge is -2.15. The molecular weight excluding hydrogens is 396 g/mol. The summed E-state index contributed by atoms with van der Waals surface area (Å²) >= 11 is 0. The van der Waals surface area contributed by atoms with Gasteiger partial charge in [0.25, 0.3) is 5.91 Å². The third-order valence-corrected chi connectivity index (χ3v) is 5.83. The van der Waals surface area contributed by atoms with Crippen LogP contribution >= 0.6 is 0 Å². The molecule has 0 saturated heterocycles. The van der Waals surface area contributed by atoms with Crippen molar-refractivity contribution in [3.63, 3.8) is 0 Å². The highest BCUT2D eigenvalue weighted by atomic mass is 16.2. The van der Waals surface area contributed by atoms with Crippen LogP contribution < -0.4 is 5.32 Å². The normalized spacial score (nSPS) is 12.0. The van der Waals surface area contributed by atoms with Gasteiger partial charge in [-0.15, -0.1) is 0 Å². The number of amides is 1. The molecule has 2 aromatic carbocycles. The molecule has 0 aliphatic rings. The summed E-state index contributed by atoms with van der Waals surface area (Å²) in [5, 5.41) is 8.02. The van der Waals surface area contributed by atoms with E-state index < -0.39 is 0 Å². The number of aromatic nitrogens is 3. The molecule has 5 heteroatoms. The molecule has 164 valence electrons. The quantitative estimate of drug-likeness (QED) is 0.439. The molecule has 0 saturated carbocycles. The number of hydrogen-bond donors (Lipinski definition) is 1. The van der Waals surface area contributed by atoms with Crippen molar-refractivity contribution in [2.75, 3.05) is 0 Å². The molecule has 0 spiro atoms. The van der Waals surface area contributed by atoms with E-state index in [1.54, 1.807) is 4.68 Å². The third kappa shape index (κ3) is 4.67. The maximum absolute atomic E-state index is 13.3. The summed E-state index contributed by atoms with van der Waals surface area (Å²) in [5.41, 5.74) is 6.70. The summed E-state index contributed by atoms with van der Waals surface area (Å²) in [4.78, 5) is 13.3. The van der Waals surface area contributed by atoms with Crippen LogP contribution in [0.25, 0.3) is 17.1 Å². The number of nitrogens with one attached hydrogen (secondary N) is 1. The maximum atomic E-state index is 13.3. The summed E-state index contributed by atoms with van der Waals surface area (Å²) < 4.78 is 3.80. The van der Waals surface area contributed by atoms with E-state index in [-0.39, 0.29) is 11.9 Å². The number of benzene rings is 2. The fourth-order valence-electron chi connectivity index (χ4n) is 3.92. The van der Waals surface area contributed by atoms with Crippen molar-refractivity contribution in [2.45, 2.75) is 39.7 Å². The molecule has 0 fully saturated rings. The molecule has 32 heavy (non-hydrogen) atoms. The van der Waals surface area contributed by atoms with Gasteiger partial charge in [-0.1, -0.05) is 42.5 Å². The minimum Gasteiger partial charge on any atom is -0.349 e. The van der Waals surface area contributed by atoms with Gasteiger partial charge in [0.05, 0.1) is 11.4 Å². The van der Waals surface area contributed by atoms with Gasteiger partial charge in [-0.05, 0) is 74.6 Å². The van der Waals surface area contributed by atoms with Gasteiger partial charge < -0.3 is 9.88 Å². The van der Waals surface area contributed by atoms with E-state index in [4.69, 9.17) is 5.10 Å². The van der Waals surface area contributed by atoms with Gasteiger partial charge >= 0.3 is 0 Å². The van der Waals surface area contributed by atoms with Crippen molar-refractivity contribution in [1.82, 2.24) is 19.7 Å². The summed E-state index contributed by atoms with van der Waals surface area (Å²) in [6, 6.07) is 22.5. The average Bonchev–Trinajstić information content (AvgIpc) is 3.41. The van der Waals surface area contributed by atoms with Crippen molar-refractivity contribution in [2.24, 2.45) is 7.05 Å². The highest BCUT2D eigenvalue weighted by Gasteiger charge is 2.21. The average molecular weight is 427 g/mol. The lowest BCUT2D eigenvalue weighted by atomic mass is 10.1. The Morgan fingerprint density at radius 1 is 1.03 bits per heavy atom. The molecule has 0 unspecified atom stereocenters. The van der Waals surface area contributed by atoms with E-state index >= 15 is 0 Å².